The van der Waals surface area contributed by atoms with Crippen LogP contribution in [0.15, 0.2) is 84.9 Å². The van der Waals surface area contributed by atoms with Gasteiger partial charge in [-0.2, -0.15) is 5.10 Å². The van der Waals surface area contributed by atoms with Gasteiger partial charge >= 0.3 is 0 Å². The molecule has 4 aromatic rings. The first-order valence-corrected chi connectivity index (χ1v) is 11.9. The van der Waals surface area contributed by atoms with Crippen molar-refractivity contribution in [3.8, 4) is 16.9 Å². The molecule has 1 amide bonds. The number of benzene rings is 3. The van der Waals surface area contributed by atoms with Crippen molar-refractivity contribution >= 4 is 38.9 Å². The Kier molecular flexibility index (Phi) is 5.98. The molecule has 32 heavy (non-hydrogen) atoms. The highest BCUT2D eigenvalue weighted by molar-refractivity contribution is 7.92. The third-order valence-electron chi connectivity index (χ3n) is 4.53. The lowest BCUT2D eigenvalue weighted by molar-refractivity contribution is 0.101. The van der Waals surface area contributed by atoms with E-state index in [0.717, 1.165) is 17.5 Å². The lowest BCUT2D eigenvalue weighted by atomic mass is 10.1. The van der Waals surface area contributed by atoms with E-state index in [1.54, 1.807) is 47.1 Å². The molecule has 0 fully saturated rings. The van der Waals surface area contributed by atoms with Gasteiger partial charge < -0.3 is 5.32 Å². The van der Waals surface area contributed by atoms with E-state index in [2.05, 4.69) is 15.1 Å². The fourth-order valence-electron chi connectivity index (χ4n) is 3.10. The van der Waals surface area contributed by atoms with Gasteiger partial charge in [-0.1, -0.05) is 41.9 Å². The Bertz CT molecular complexity index is 1350. The largest absolute Gasteiger partial charge is 0.321 e. The number of para-hydroxylation sites is 1. The zero-order valence-corrected chi connectivity index (χ0v) is 18.6. The van der Waals surface area contributed by atoms with E-state index in [0.29, 0.717) is 27.8 Å². The van der Waals surface area contributed by atoms with Crippen LogP contribution in [0.1, 0.15) is 10.5 Å². The Morgan fingerprint density at radius 1 is 0.906 bits per heavy atom. The van der Waals surface area contributed by atoms with Crippen LogP contribution in [-0.2, 0) is 10.0 Å². The molecule has 1 heterocycles. The molecule has 0 saturated heterocycles. The summed E-state index contributed by atoms with van der Waals surface area (Å²) in [4.78, 5) is 13.1. The van der Waals surface area contributed by atoms with Crippen molar-refractivity contribution in [1.82, 2.24) is 9.78 Å². The Hall–Kier alpha value is -3.62. The van der Waals surface area contributed by atoms with Gasteiger partial charge in [0, 0.05) is 22.0 Å². The Labute approximate surface area is 190 Å². The standard InChI is InChI=1S/C23H19ClN4O3S/c1-32(30,31)27-19-13-11-18(12-14-19)25-23(29)22-15-21(16-7-9-17(24)10-8-16)26-28(22)20-5-3-2-4-6-20/h2-15,27H,1H3,(H,25,29). The number of nitrogens with one attached hydrogen (secondary N) is 2. The number of aromatic nitrogens is 2. The van der Waals surface area contributed by atoms with Crippen LogP contribution in [0.5, 0.6) is 0 Å². The number of carbonyl (C=O) groups excluding carboxylic acids is 1. The number of nitrogens with zero attached hydrogens (tertiary/aromatic N) is 2. The molecular weight excluding hydrogens is 448 g/mol. The first-order valence-electron chi connectivity index (χ1n) is 9.59. The summed E-state index contributed by atoms with van der Waals surface area (Å²) in [5, 5.41) is 8.08. The molecule has 2 N–H and O–H groups in total. The molecular formula is C23H19ClN4O3S. The topological polar surface area (TPSA) is 93.1 Å². The summed E-state index contributed by atoms with van der Waals surface area (Å²) < 4.78 is 26.7. The molecule has 9 heteroatoms. The third kappa shape index (κ3) is 5.16. The maximum atomic E-state index is 13.1. The first kappa shape index (κ1) is 21.6. The molecule has 1 aromatic heterocycles. The van der Waals surface area contributed by atoms with Crippen molar-refractivity contribution < 1.29 is 13.2 Å². The van der Waals surface area contributed by atoms with Crippen LogP contribution in [0.25, 0.3) is 16.9 Å². The fraction of sp³-hybridized carbons (Fsp3) is 0.0435. The van der Waals surface area contributed by atoms with E-state index in [4.69, 9.17) is 11.6 Å². The molecule has 0 aliphatic heterocycles. The van der Waals surface area contributed by atoms with Crippen LogP contribution in [0.3, 0.4) is 0 Å². The van der Waals surface area contributed by atoms with Crippen LogP contribution in [-0.4, -0.2) is 30.4 Å². The maximum Gasteiger partial charge on any atom is 0.274 e. The van der Waals surface area contributed by atoms with E-state index in [9.17, 15) is 13.2 Å². The van der Waals surface area contributed by atoms with Crippen molar-refractivity contribution in [3.05, 3.63) is 95.6 Å². The average molecular weight is 467 g/mol. The second-order valence-corrected chi connectivity index (χ2v) is 9.26. The summed E-state index contributed by atoms with van der Waals surface area (Å²) in [6.45, 7) is 0. The van der Waals surface area contributed by atoms with Gasteiger partial charge in [-0.25, -0.2) is 13.1 Å². The highest BCUT2D eigenvalue weighted by Gasteiger charge is 2.18. The molecule has 7 nitrogen and oxygen atoms in total. The average Bonchev–Trinajstić information content (AvgIpc) is 3.21. The minimum absolute atomic E-state index is 0.347. The molecule has 0 radical (unpaired) electrons. The summed E-state index contributed by atoms with van der Waals surface area (Å²) >= 11 is 5.99. The van der Waals surface area contributed by atoms with Gasteiger partial charge in [-0.15, -0.1) is 0 Å². The summed E-state index contributed by atoms with van der Waals surface area (Å²) in [6.07, 6.45) is 1.08. The van der Waals surface area contributed by atoms with E-state index in [-0.39, 0.29) is 5.91 Å². The molecule has 0 aliphatic carbocycles. The lowest BCUT2D eigenvalue weighted by Crippen LogP contribution is -2.17. The SMILES string of the molecule is CS(=O)(=O)Nc1ccc(NC(=O)c2cc(-c3ccc(Cl)cc3)nn2-c2ccccc2)cc1. The number of hydrogen-bond donors (Lipinski definition) is 2. The number of halogens is 1. The van der Waals surface area contributed by atoms with Gasteiger partial charge in [0.1, 0.15) is 5.69 Å². The lowest BCUT2D eigenvalue weighted by Gasteiger charge is -2.09. The van der Waals surface area contributed by atoms with Gasteiger partial charge in [0.2, 0.25) is 10.0 Å². The van der Waals surface area contributed by atoms with Gasteiger partial charge in [-0.05, 0) is 54.6 Å². The molecule has 0 atom stereocenters. The Balaban J connectivity index is 1.65. The molecule has 0 spiro atoms. The second kappa shape index (κ2) is 8.86. The smallest absolute Gasteiger partial charge is 0.274 e. The van der Waals surface area contributed by atoms with Gasteiger partial charge in [0.15, 0.2) is 0 Å². The number of carbonyl (C=O) groups is 1. The number of sulfonamides is 1. The van der Waals surface area contributed by atoms with E-state index in [1.807, 2.05) is 42.5 Å². The van der Waals surface area contributed by atoms with Gasteiger partial charge in [-0.3, -0.25) is 9.52 Å². The van der Waals surface area contributed by atoms with Crippen LogP contribution in [0.2, 0.25) is 5.02 Å². The second-order valence-electron chi connectivity index (χ2n) is 7.07. The number of rotatable bonds is 6. The predicted octanol–water partition coefficient (Wildman–Crippen LogP) is 4.82. The molecule has 0 unspecified atom stereocenters. The van der Waals surface area contributed by atoms with Crippen LogP contribution < -0.4 is 10.0 Å². The molecule has 4 rings (SSSR count). The summed E-state index contributed by atoms with van der Waals surface area (Å²) in [6, 6.07) is 24.7. The fourth-order valence-corrected chi connectivity index (χ4v) is 3.79. The quantitative estimate of drug-likeness (QED) is 0.426. The van der Waals surface area contributed by atoms with Crippen molar-refractivity contribution in [2.75, 3.05) is 16.3 Å². The highest BCUT2D eigenvalue weighted by atomic mass is 35.5. The minimum Gasteiger partial charge on any atom is -0.321 e. The molecule has 0 bridgehead atoms. The number of anilines is 2. The molecule has 162 valence electrons. The van der Waals surface area contributed by atoms with Crippen LogP contribution in [0, 0.1) is 0 Å². The Morgan fingerprint density at radius 3 is 2.16 bits per heavy atom. The third-order valence-corrected chi connectivity index (χ3v) is 5.39. The van der Waals surface area contributed by atoms with Crippen LogP contribution >= 0.6 is 11.6 Å². The zero-order chi connectivity index (χ0) is 22.7. The summed E-state index contributed by atoms with van der Waals surface area (Å²) in [7, 11) is -3.38. The van der Waals surface area contributed by atoms with Gasteiger partial charge in [0.05, 0.1) is 17.6 Å². The Morgan fingerprint density at radius 2 is 1.53 bits per heavy atom. The first-order chi connectivity index (χ1) is 15.3. The van der Waals surface area contributed by atoms with E-state index < -0.39 is 10.0 Å². The van der Waals surface area contributed by atoms with Crippen molar-refractivity contribution in [1.29, 1.82) is 0 Å². The van der Waals surface area contributed by atoms with E-state index >= 15 is 0 Å². The van der Waals surface area contributed by atoms with E-state index in [1.165, 1.54) is 0 Å². The molecule has 0 saturated carbocycles. The molecule has 0 aliphatic rings. The van der Waals surface area contributed by atoms with Crippen molar-refractivity contribution in [2.24, 2.45) is 0 Å². The normalized spacial score (nSPS) is 11.2. The van der Waals surface area contributed by atoms with Gasteiger partial charge in [0.25, 0.3) is 5.91 Å². The van der Waals surface area contributed by atoms with Crippen LogP contribution in [0.4, 0.5) is 11.4 Å². The highest BCUT2D eigenvalue weighted by Crippen LogP contribution is 2.24. The van der Waals surface area contributed by atoms with Crippen molar-refractivity contribution in [3.63, 3.8) is 0 Å². The maximum absolute atomic E-state index is 13.1. The predicted molar refractivity (Wildman–Crippen MR) is 127 cm³/mol. The van der Waals surface area contributed by atoms with Crippen molar-refractivity contribution in [2.45, 2.75) is 0 Å². The number of amides is 1. The summed E-state index contributed by atoms with van der Waals surface area (Å²) in [5.41, 5.74) is 3.47. The summed E-state index contributed by atoms with van der Waals surface area (Å²) in [5.74, 6) is -0.356. The monoisotopic (exact) mass is 466 g/mol. The molecule has 3 aromatic carbocycles. The zero-order valence-electron chi connectivity index (χ0n) is 17.0. The minimum atomic E-state index is -3.38. The number of hydrogen-bond acceptors (Lipinski definition) is 4.